The van der Waals surface area contributed by atoms with Gasteiger partial charge in [-0.15, -0.1) is 10.2 Å². The highest BCUT2D eigenvalue weighted by atomic mass is 16.3. The van der Waals surface area contributed by atoms with Gasteiger partial charge >= 0.3 is 0 Å². The van der Waals surface area contributed by atoms with Crippen molar-refractivity contribution < 1.29 is 14.7 Å². The molecule has 0 atom stereocenters. The van der Waals surface area contributed by atoms with E-state index in [1.807, 2.05) is 26.0 Å². The molecule has 0 unspecified atom stereocenters. The predicted molar refractivity (Wildman–Crippen MR) is 124 cm³/mol. The largest absolute Gasteiger partial charge is 0.507 e. The fourth-order valence-corrected chi connectivity index (χ4v) is 3.58. The second kappa shape index (κ2) is 8.61. The number of fused-ring (bicyclic) bond motifs is 3. The Balaban J connectivity index is 1.70. The zero-order chi connectivity index (χ0) is 23.7. The van der Waals surface area contributed by atoms with Gasteiger partial charge in [0.1, 0.15) is 16.8 Å². The summed E-state index contributed by atoms with van der Waals surface area (Å²) in [6, 6.07) is 10.00. The van der Waals surface area contributed by atoms with Crippen LogP contribution in [0.5, 0.6) is 5.75 Å². The van der Waals surface area contributed by atoms with E-state index >= 15 is 0 Å². The van der Waals surface area contributed by atoms with Gasteiger partial charge in [0.2, 0.25) is 0 Å². The quantitative estimate of drug-likeness (QED) is 0.288. The van der Waals surface area contributed by atoms with E-state index in [0.29, 0.717) is 41.0 Å². The normalized spacial score (nSPS) is 11.0. The number of nitrogens with two attached hydrogens (primary N) is 1. The smallest absolute Gasteiger partial charge is 0.259 e. The van der Waals surface area contributed by atoms with Gasteiger partial charge in [-0.05, 0) is 50.2 Å². The molecule has 0 fully saturated rings. The van der Waals surface area contributed by atoms with Crippen molar-refractivity contribution in [2.24, 2.45) is 5.73 Å². The Morgan fingerprint density at radius 3 is 2.55 bits per heavy atom. The molecule has 0 aliphatic rings. The van der Waals surface area contributed by atoms with Gasteiger partial charge in [0, 0.05) is 20.1 Å². The molecule has 4 N–H and O–H groups in total. The van der Waals surface area contributed by atoms with Crippen molar-refractivity contribution in [1.82, 2.24) is 24.7 Å². The lowest BCUT2D eigenvalue weighted by molar-refractivity contribution is 0.0774. The Labute approximate surface area is 189 Å². The first kappa shape index (κ1) is 21.8. The number of hydrogen-bond donors (Lipinski definition) is 3. The molecule has 0 bridgehead atoms. The molecule has 4 aromatic rings. The standard InChI is InChI=1S/C22H24N8O3/c1-4-29(5-2)22(33)16-12-24-30-18-11-14(7-8-17(18)25-26-21(16)30)28(3)27-13-6-9-19(31)15(10-13)20(23)32/h6-12,27,31H,4-5H2,1-3H3,(H2,23,32). The molecule has 0 radical (unpaired) electrons. The van der Waals surface area contributed by atoms with E-state index in [1.165, 1.54) is 18.3 Å². The maximum Gasteiger partial charge on any atom is 0.259 e. The maximum atomic E-state index is 12.8. The number of hydrogen-bond acceptors (Lipinski definition) is 8. The van der Waals surface area contributed by atoms with Gasteiger partial charge in [-0.1, -0.05) is 0 Å². The molecule has 170 valence electrons. The molecule has 11 nitrogen and oxygen atoms in total. The van der Waals surface area contributed by atoms with Crippen LogP contribution in [0, 0.1) is 0 Å². The third kappa shape index (κ3) is 3.95. The highest BCUT2D eigenvalue weighted by Gasteiger charge is 2.20. The van der Waals surface area contributed by atoms with E-state index < -0.39 is 5.91 Å². The summed E-state index contributed by atoms with van der Waals surface area (Å²) in [6.45, 7) is 5.01. The van der Waals surface area contributed by atoms with Gasteiger partial charge < -0.3 is 15.7 Å². The molecule has 0 saturated heterocycles. The van der Waals surface area contributed by atoms with E-state index in [1.54, 1.807) is 33.6 Å². The molecule has 2 aromatic carbocycles. The van der Waals surface area contributed by atoms with Crippen LogP contribution in [-0.2, 0) is 0 Å². The summed E-state index contributed by atoms with van der Waals surface area (Å²) in [6.07, 6.45) is 1.51. The molecule has 2 amide bonds. The molecule has 0 aliphatic heterocycles. The lowest BCUT2D eigenvalue weighted by atomic mass is 10.1. The van der Waals surface area contributed by atoms with Crippen molar-refractivity contribution >= 4 is 39.9 Å². The molecule has 0 saturated carbocycles. The number of phenols is 1. The van der Waals surface area contributed by atoms with Crippen molar-refractivity contribution in [3.63, 3.8) is 0 Å². The van der Waals surface area contributed by atoms with Gasteiger partial charge in [-0.3, -0.25) is 20.0 Å². The molecule has 4 rings (SSSR count). The van der Waals surface area contributed by atoms with Crippen LogP contribution in [-0.4, -0.2) is 61.8 Å². The number of anilines is 2. The Hall–Kier alpha value is -4.41. The van der Waals surface area contributed by atoms with Gasteiger partial charge in [0.05, 0.1) is 28.7 Å². The van der Waals surface area contributed by atoms with Crippen LogP contribution in [0.4, 0.5) is 11.4 Å². The second-order valence-corrected chi connectivity index (χ2v) is 7.41. The van der Waals surface area contributed by atoms with Crippen LogP contribution in [0.15, 0.2) is 42.6 Å². The molecule has 11 heteroatoms. The van der Waals surface area contributed by atoms with Crippen LogP contribution >= 0.6 is 0 Å². The highest BCUT2D eigenvalue weighted by Crippen LogP contribution is 2.25. The fourth-order valence-electron chi connectivity index (χ4n) is 3.58. The summed E-state index contributed by atoms with van der Waals surface area (Å²) in [5.74, 6) is -1.05. The van der Waals surface area contributed by atoms with Crippen LogP contribution in [0.25, 0.3) is 16.7 Å². The average Bonchev–Trinajstić information content (AvgIpc) is 3.25. The number of carbonyl (C=O) groups excluding carboxylic acids is 2. The van der Waals surface area contributed by atoms with Crippen molar-refractivity contribution in [2.45, 2.75) is 13.8 Å². The zero-order valence-corrected chi connectivity index (χ0v) is 18.5. The van der Waals surface area contributed by atoms with Crippen LogP contribution in [0.2, 0.25) is 0 Å². The lowest BCUT2D eigenvalue weighted by Crippen LogP contribution is -2.30. The number of aromatic hydroxyl groups is 1. The number of nitrogens with one attached hydrogen (secondary N) is 1. The number of rotatable bonds is 7. The fraction of sp³-hybridized carbons (Fsp3) is 0.227. The van der Waals surface area contributed by atoms with Crippen LogP contribution in [0.3, 0.4) is 0 Å². The minimum atomic E-state index is -0.723. The number of benzene rings is 2. The molecule has 2 heterocycles. The Kier molecular flexibility index (Phi) is 5.69. The number of carbonyl (C=O) groups is 2. The minimum absolute atomic E-state index is 0.0193. The number of nitrogens with zero attached hydrogens (tertiary/aromatic N) is 6. The third-order valence-electron chi connectivity index (χ3n) is 5.41. The number of amides is 2. The number of primary amides is 1. The Bertz CT molecular complexity index is 1360. The molecular formula is C22H24N8O3. The van der Waals surface area contributed by atoms with Crippen LogP contribution < -0.4 is 16.2 Å². The van der Waals surface area contributed by atoms with Gasteiger partial charge in [0.25, 0.3) is 11.8 Å². The number of hydrazine groups is 1. The summed E-state index contributed by atoms with van der Waals surface area (Å²) >= 11 is 0. The zero-order valence-electron chi connectivity index (χ0n) is 18.5. The van der Waals surface area contributed by atoms with E-state index in [0.717, 1.165) is 5.69 Å². The summed E-state index contributed by atoms with van der Waals surface area (Å²) in [5, 5.41) is 24.4. The highest BCUT2D eigenvalue weighted by molar-refractivity contribution is 6.00. The van der Waals surface area contributed by atoms with Crippen molar-refractivity contribution in [1.29, 1.82) is 0 Å². The first-order valence-corrected chi connectivity index (χ1v) is 10.4. The molecule has 2 aromatic heterocycles. The van der Waals surface area contributed by atoms with Crippen molar-refractivity contribution in [3.05, 3.63) is 53.7 Å². The predicted octanol–water partition coefficient (Wildman–Crippen LogP) is 2.03. The van der Waals surface area contributed by atoms with E-state index in [4.69, 9.17) is 5.73 Å². The van der Waals surface area contributed by atoms with Gasteiger partial charge in [-0.2, -0.15) is 5.10 Å². The first-order valence-electron chi connectivity index (χ1n) is 10.4. The van der Waals surface area contributed by atoms with Crippen molar-refractivity contribution in [3.8, 4) is 5.75 Å². The van der Waals surface area contributed by atoms with E-state index in [2.05, 4.69) is 20.7 Å². The summed E-state index contributed by atoms with van der Waals surface area (Å²) in [4.78, 5) is 26.0. The topological polar surface area (TPSA) is 142 Å². The van der Waals surface area contributed by atoms with E-state index in [9.17, 15) is 14.7 Å². The first-order chi connectivity index (χ1) is 15.8. The van der Waals surface area contributed by atoms with Crippen molar-refractivity contribution in [2.75, 3.05) is 30.6 Å². The molecule has 0 aliphatic carbocycles. The SMILES string of the molecule is CCN(CC)C(=O)c1cnn2c1nnc1ccc(N(C)Nc3ccc(O)c(C(N)=O)c3)cc12. The maximum absolute atomic E-state index is 12.8. The summed E-state index contributed by atoms with van der Waals surface area (Å²) < 4.78 is 1.60. The van der Waals surface area contributed by atoms with Gasteiger partial charge in [-0.25, -0.2) is 4.52 Å². The lowest BCUT2D eigenvalue weighted by Gasteiger charge is -2.22. The number of aromatic nitrogens is 4. The molecule has 33 heavy (non-hydrogen) atoms. The average molecular weight is 448 g/mol. The van der Waals surface area contributed by atoms with Crippen LogP contribution in [0.1, 0.15) is 34.6 Å². The minimum Gasteiger partial charge on any atom is -0.507 e. The monoisotopic (exact) mass is 448 g/mol. The Morgan fingerprint density at radius 1 is 1.09 bits per heavy atom. The summed E-state index contributed by atoms with van der Waals surface area (Å²) in [5.41, 5.74) is 11.9. The second-order valence-electron chi connectivity index (χ2n) is 7.41. The molecular weight excluding hydrogens is 424 g/mol. The van der Waals surface area contributed by atoms with E-state index in [-0.39, 0.29) is 17.2 Å². The summed E-state index contributed by atoms with van der Waals surface area (Å²) in [7, 11) is 1.79. The Morgan fingerprint density at radius 2 is 1.85 bits per heavy atom. The van der Waals surface area contributed by atoms with Gasteiger partial charge in [0.15, 0.2) is 5.65 Å². The third-order valence-corrected chi connectivity index (χ3v) is 5.41. The molecule has 0 spiro atoms.